The van der Waals surface area contributed by atoms with Crippen LogP contribution in [0.3, 0.4) is 0 Å². The van der Waals surface area contributed by atoms with Crippen molar-refractivity contribution in [2.24, 2.45) is 0 Å². The van der Waals surface area contributed by atoms with Gasteiger partial charge in [-0.1, -0.05) is 60.7 Å². The lowest BCUT2D eigenvalue weighted by molar-refractivity contribution is -0.117. The van der Waals surface area contributed by atoms with Gasteiger partial charge in [0.05, 0.1) is 29.5 Å². The minimum Gasteiger partial charge on any atom is -0.445 e. The first-order chi connectivity index (χ1) is 19.1. The van der Waals surface area contributed by atoms with Gasteiger partial charge in [0.1, 0.15) is 12.4 Å². The topological polar surface area (TPSA) is 76.5 Å². The molecule has 1 saturated heterocycles. The number of hydrogen-bond donors (Lipinski definition) is 1. The summed E-state index contributed by atoms with van der Waals surface area (Å²) in [6.45, 7) is 0.141. The van der Waals surface area contributed by atoms with Gasteiger partial charge >= 0.3 is 6.09 Å². The molecular weight excluding hydrogens is 495 g/mol. The van der Waals surface area contributed by atoms with Crippen LogP contribution in [0.4, 0.5) is 14.9 Å². The largest absolute Gasteiger partial charge is 0.445 e. The highest BCUT2D eigenvalue weighted by atomic mass is 19.1. The summed E-state index contributed by atoms with van der Waals surface area (Å²) in [6.07, 6.45) is 1.28. The first kappa shape index (κ1) is 24.4. The van der Waals surface area contributed by atoms with Crippen molar-refractivity contribution in [2.75, 3.05) is 4.90 Å². The Kier molecular flexibility index (Phi) is 6.50. The van der Waals surface area contributed by atoms with Crippen LogP contribution >= 0.6 is 0 Å². The van der Waals surface area contributed by atoms with E-state index in [0.29, 0.717) is 5.69 Å². The third-order valence-electron chi connectivity index (χ3n) is 6.88. The maximum atomic E-state index is 13.4. The first-order valence-electron chi connectivity index (χ1n) is 12.6. The van der Waals surface area contributed by atoms with Gasteiger partial charge in [0.15, 0.2) is 0 Å². The van der Waals surface area contributed by atoms with Crippen molar-refractivity contribution in [3.05, 3.63) is 126 Å². The van der Waals surface area contributed by atoms with E-state index in [0.717, 1.165) is 27.7 Å². The normalized spacial score (nSPS) is 16.9. The second-order valence-corrected chi connectivity index (χ2v) is 9.41. The van der Waals surface area contributed by atoms with E-state index in [9.17, 15) is 14.0 Å². The third kappa shape index (κ3) is 4.96. The van der Waals surface area contributed by atoms with Crippen LogP contribution in [0, 0.1) is 5.82 Å². The zero-order chi connectivity index (χ0) is 26.8. The van der Waals surface area contributed by atoms with Crippen LogP contribution in [-0.4, -0.2) is 27.8 Å². The van der Waals surface area contributed by atoms with Gasteiger partial charge in [-0.25, -0.2) is 13.9 Å². The van der Waals surface area contributed by atoms with Gasteiger partial charge in [-0.3, -0.25) is 4.79 Å². The van der Waals surface area contributed by atoms with E-state index in [1.807, 2.05) is 78.9 Å². The minimum atomic E-state index is -0.574. The van der Waals surface area contributed by atoms with E-state index in [1.165, 1.54) is 12.1 Å². The quantitative estimate of drug-likeness (QED) is 0.301. The van der Waals surface area contributed by atoms with Crippen molar-refractivity contribution in [1.29, 1.82) is 0 Å². The standard InChI is InChI=1S/C31H25FN4O3/c32-24-11-13-25(14-12-24)36-28-16-15-26(17-23(28)19-33-36)35-29(37)18-27(30(35)22-9-5-2-6-10-22)34-31(38)39-20-21-7-3-1-4-8-21/h1-17,19,27,30H,18,20H2,(H,34,38)/t27-,30+/m1/s1. The molecule has 7 nitrogen and oxygen atoms in total. The van der Waals surface area contributed by atoms with E-state index in [4.69, 9.17) is 4.74 Å². The van der Waals surface area contributed by atoms with Crippen LogP contribution in [-0.2, 0) is 16.1 Å². The molecule has 6 rings (SSSR count). The average Bonchev–Trinajstić information content (AvgIpc) is 3.53. The lowest BCUT2D eigenvalue weighted by atomic mass is 9.99. The predicted octanol–water partition coefficient (Wildman–Crippen LogP) is 5.94. The van der Waals surface area contributed by atoms with E-state index in [-0.39, 0.29) is 24.8 Å². The summed E-state index contributed by atoms with van der Waals surface area (Å²) in [4.78, 5) is 27.9. The number of nitrogens with zero attached hydrogens (tertiary/aromatic N) is 3. The Morgan fingerprint density at radius 2 is 1.62 bits per heavy atom. The SMILES string of the molecule is O=C(N[C@@H]1CC(=O)N(c2ccc3c(cnn3-c3ccc(F)cc3)c2)[C@H]1c1ccccc1)OCc1ccccc1. The number of rotatable bonds is 6. The van der Waals surface area contributed by atoms with Gasteiger partial charge < -0.3 is 15.0 Å². The Labute approximate surface area is 224 Å². The summed E-state index contributed by atoms with van der Waals surface area (Å²) < 4.78 is 20.6. The maximum Gasteiger partial charge on any atom is 0.407 e. The number of halogens is 1. The molecule has 2 atom stereocenters. The molecule has 2 amide bonds. The predicted molar refractivity (Wildman–Crippen MR) is 146 cm³/mol. The maximum absolute atomic E-state index is 13.4. The lowest BCUT2D eigenvalue weighted by Crippen LogP contribution is -2.40. The highest BCUT2D eigenvalue weighted by molar-refractivity contribution is 5.99. The van der Waals surface area contributed by atoms with E-state index in [2.05, 4.69) is 10.4 Å². The third-order valence-corrected chi connectivity index (χ3v) is 6.88. The Bertz CT molecular complexity index is 1620. The summed E-state index contributed by atoms with van der Waals surface area (Å²) in [5.74, 6) is -0.424. The van der Waals surface area contributed by atoms with E-state index >= 15 is 0 Å². The van der Waals surface area contributed by atoms with Crippen molar-refractivity contribution < 1.29 is 18.7 Å². The second kappa shape index (κ2) is 10.4. The number of alkyl carbamates (subject to hydrolysis) is 1. The van der Waals surface area contributed by atoms with Gasteiger partial charge in [0.25, 0.3) is 0 Å². The molecule has 1 N–H and O–H groups in total. The number of nitrogens with one attached hydrogen (secondary N) is 1. The number of carbonyl (C=O) groups is 2. The minimum absolute atomic E-state index is 0.109. The molecule has 0 bridgehead atoms. The van der Waals surface area contributed by atoms with E-state index < -0.39 is 18.2 Å². The number of amides is 2. The van der Waals surface area contributed by atoms with Crippen LogP contribution in [0.2, 0.25) is 0 Å². The molecule has 0 radical (unpaired) electrons. The van der Waals surface area contributed by atoms with Crippen molar-refractivity contribution in [1.82, 2.24) is 15.1 Å². The number of benzene rings is 4. The molecule has 4 aromatic carbocycles. The molecule has 1 aromatic heterocycles. The molecule has 0 saturated carbocycles. The fourth-order valence-electron chi connectivity index (χ4n) is 5.07. The average molecular weight is 521 g/mol. The van der Waals surface area contributed by atoms with Crippen LogP contribution in [0.25, 0.3) is 16.6 Å². The summed E-state index contributed by atoms with van der Waals surface area (Å²) in [5, 5.41) is 8.23. The number of hydrogen-bond acceptors (Lipinski definition) is 4. The van der Waals surface area contributed by atoms with Crippen molar-refractivity contribution in [2.45, 2.75) is 25.1 Å². The van der Waals surface area contributed by atoms with Gasteiger partial charge in [-0.2, -0.15) is 5.10 Å². The van der Waals surface area contributed by atoms with Gasteiger partial charge in [-0.15, -0.1) is 0 Å². The Morgan fingerprint density at radius 3 is 2.36 bits per heavy atom. The number of aromatic nitrogens is 2. The fraction of sp³-hybridized carbons (Fsp3) is 0.129. The molecule has 1 aliphatic heterocycles. The molecule has 0 spiro atoms. The molecule has 39 heavy (non-hydrogen) atoms. The smallest absolute Gasteiger partial charge is 0.407 e. The van der Waals surface area contributed by atoms with E-state index in [1.54, 1.807) is 27.9 Å². The lowest BCUT2D eigenvalue weighted by Gasteiger charge is -2.29. The summed E-state index contributed by atoms with van der Waals surface area (Å²) in [6, 6.07) is 30.0. The van der Waals surface area contributed by atoms with Crippen molar-refractivity contribution in [3.63, 3.8) is 0 Å². The Balaban J connectivity index is 1.28. The Morgan fingerprint density at radius 1 is 0.923 bits per heavy atom. The molecule has 5 aromatic rings. The highest BCUT2D eigenvalue weighted by Crippen LogP contribution is 2.38. The molecular formula is C31H25FN4O3. The van der Waals surface area contributed by atoms with Gasteiger partial charge in [0.2, 0.25) is 5.91 Å². The monoisotopic (exact) mass is 520 g/mol. The molecule has 1 fully saturated rings. The highest BCUT2D eigenvalue weighted by Gasteiger charge is 2.42. The molecule has 1 aliphatic rings. The fourth-order valence-corrected chi connectivity index (χ4v) is 5.07. The second-order valence-electron chi connectivity index (χ2n) is 9.41. The van der Waals surface area contributed by atoms with Crippen molar-refractivity contribution >= 4 is 28.6 Å². The number of carbonyl (C=O) groups excluding carboxylic acids is 2. The van der Waals surface area contributed by atoms with Gasteiger partial charge in [0, 0.05) is 17.5 Å². The molecule has 2 heterocycles. The Hall–Kier alpha value is -4.98. The van der Waals surface area contributed by atoms with Crippen molar-refractivity contribution in [3.8, 4) is 5.69 Å². The number of anilines is 1. The zero-order valence-corrected chi connectivity index (χ0v) is 20.9. The molecule has 194 valence electrons. The van der Waals surface area contributed by atoms with Gasteiger partial charge in [-0.05, 0) is 53.6 Å². The molecule has 8 heteroatoms. The van der Waals surface area contributed by atoms with Crippen LogP contribution in [0.15, 0.2) is 109 Å². The number of fused-ring (bicyclic) bond motifs is 1. The van der Waals surface area contributed by atoms with Crippen LogP contribution in [0.1, 0.15) is 23.6 Å². The number of ether oxygens (including phenoxy) is 1. The zero-order valence-electron chi connectivity index (χ0n) is 20.9. The van der Waals surface area contributed by atoms with Crippen LogP contribution in [0.5, 0.6) is 0 Å². The van der Waals surface area contributed by atoms with Crippen LogP contribution < -0.4 is 10.2 Å². The first-order valence-corrected chi connectivity index (χ1v) is 12.6. The summed E-state index contributed by atoms with van der Waals surface area (Å²) in [5.41, 5.74) is 4.04. The molecule has 0 unspecified atom stereocenters. The summed E-state index contributed by atoms with van der Waals surface area (Å²) in [7, 11) is 0. The summed E-state index contributed by atoms with van der Waals surface area (Å²) >= 11 is 0. The molecule has 0 aliphatic carbocycles.